The Balaban J connectivity index is 0.000000474. The van der Waals surface area contributed by atoms with E-state index in [-0.39, 0.29) is 122 Å². The van der Waals surface area contributed by atoms with Crippen LogP contribution in [0.2, 0.25) is 0 Å². The van der Waals surface area contributed by atoms with Crippen LogP contribution in [0, 0.1) is 13.8 Å². The number of fused-ring (bicyclic) bond motifs is 2. The molecule has 2 aliphatic rings. The van der Waals surface area contributed by atoms with Gasteiger partial charge in [0.1, 0.15) is 23.9 Å². The monoisotopic (exact) mass is 1010 g/mol. The molecule has 0 aliphatic carbocycles. The molecule has 6 N–H and O–H groups in total. The van der Waals surface area contributed by atoms with Crippen LogP contribution in [0.15, 0.2) is 33.8 Å². The van der Waals surface area contributed by atoms with Crippen LogP contribution >= 0.6 is 0 Å². The number of likely N-dealkylation sites (tertiary alicyclic amines) is 1. The number of carbonyl (C=O) groups excluding carboxylic acids is 1. The molecule has 0 aromatic carbocycles. The molecule has 2 fully saturated rings. The van der Waals surface area contributed by atoms with E-state index < -0.39 is 29.1 Å². The molecule has 2 unspecified atom stereocenters. The van der Waals surface area contributed by atoms with Gasteiger partial charge in [0.15, 0.2) is 22.9 Å². The Hall–Kier alpha value is -2.88. The Morgan fingerprint density at radius 2 is 1.42 bits per heavy atom. The summed E-state index contributed by atoms with van der Waals surface area (Å²) in [4.78, 5) is 40.0. The summed E-state index contributed by atoms with van der Waals surface area (Å²) < 4.78 is 119. The minimum atomic E-state index is -6.26. The average molecular weight is 1010 g/mol. The molecule has 348 valence electrons. The van der Waals surface area contributed by atoms with Gasteiger partial charge in [-0.1, -0.05) is 12.4 Å². The third-order valence-electron chi connectivity index (χ3n) is 8.88. The molecule has 0 saturated carbocycles. The zero-order chi connectivity index (χ0) is 47.4. The van der Waals surface area contributed by atoms with Crippen molar-refractivity contribution in [2.45, 2.75) is 57.3 Å². The van der Waals surface area contributed by atoms with Gasteiger partial charge in [-0.3, -0.25) is 9.18 Å². The van der Waals surface area contributed by atoms with Gasteiger partial charge in [-0.15, -0.1) is 10.2 Å². The zero-order valence-corrected chi connectivity index (χ0v) is 42.2. The number of carbonyl (C=O) groups is 1. The molecule has 6 aromatic heterocycles. The van der Waals surface area contributed by atoms with Crippen LogP contribution in [0.25, 0.3) is 34.5 Å². The number of likely N-dealkylation sites (N-methyl/N-ethyl adjacent to an activating group) is 1. The number of rotatable bonds is 8. The van der Waals surface area contributed by atoms with Crippen molar-refractivity contribution in [3.8, 4) is 23.2 Å². The second-order valence-electron chi connectivity index (χ2n) is 12.8. The van der Waals surface area contributed by atoms with Gasteiger partial charge in [0.2, 0.25) is 23.7 Å². The SMILES string of the molecule is CCN1CCC(c2nc3c(C)c(-c4ncco4)nc(N)n3n2)C1.Cc1c(-c2ncco2)nc(N)n2nc(C3CCNC3)nc12.O=CO[O-].O=S(=O)(ONC(F)(F)F)C(F)(F)F.[2H]CF.[H-].[K+].[K+]. The van der Waals surface area contributed by atoms with Gasteiger partial charge in [-0.2, -0.15) is 48.1 Å². The first-order valence-electron chi connectivity index (χ1n) is 18.6. The fraction of sp³-hybridized carbons (Fsp3) is 0.469. The summed E-state index contributed by atoms with van der Waals surface area (Å²) in [7, 11) is -7.26. The van der Waals surface area contributed by atoms with Gasteiger partial charge < -0.3 is 42.1 Å². The van der Waals surface area contributed by atoms with Gasteiger partial charge in [-0.25, -0.2) is 29.9 Å². The van der Waals surface area contributed by atoms with Crippen molar-refractivity contribution in [2.75, 3.05) is 51.3 Å². The molecule has 33 heteroatoms. The average Bonchev–Trinajstić information content (AvgIpc) is 4.10. The number of hydrogen-bond acceptors (Lipinski definition) is 21. The Kier molecular flexibility index (Phi) is 22.6. The van der Waals surface area contributed by atoms with E-state index in [0.717, 1.165) is 74.0 Å². The van der Waals surface area contributed by atoms with Crippen LogP contribution in [0.3, 0.4) is 0 Å². The molecule has 0 spiro atoms. The third-order valence-corrected chi connectivity index (χ3v) is 9.75. The van der Waals surface area contributed by atoms with Crippen LogP contribution < -0.4 is 130 Å². The topological polar surface area (TPSA) is 310 Å². The smallest absolute Gasteiger partial charge is 1.00 e. The standard InChI is InChI=1S/C15H19N7O.C13H15N7O.C2HF6NO3S.CH3F.CH2O3.2K.H/c1-3-21-6-4-10(8-21)12-19-13-9(2)11(14-17-5-7-23-14)18-15(16)22(13)20-12;1-7-9(12-16-4-5-21-12)17-13(14)20-11(7)18-10(19-20)8-2-3-15-6-8;3-1(4,5)9-12-13(10,11)2(6,7)8;1-2;2-1-4-3;;;/h5,7,10H,3-4,6,8H2,1-2H3,(H2,16,18);4-5,8,15H,2-3,6H2,1H3,(H2,14,17);9H;1H3;1,3H;;;/q;;;;;2*+1;-1/p-1/i;;;1D;;;;. The van der Waals surface area contributed by atoms with Crippen LogP contribution in [0.4, 0.5) is 42.6 Å². The van der Waals surface area contributed by atoms with Crippen molar-refractivity contribution in [3.63, 3.8) is 0 Å². The normalized spacial score (nSPS) is 16.3. The Morgan fingerprint density at radius 1 is 0.938 bits per heavy atom. The summed E-state index contributed by atoms with van der Waals surface area (Å²) in [6, 6.07) is 0. The van der Waals surface area contributed by atoms with E-state index >= 15 is 0 Å². The number of halogens is 7. The molecule has 65 heavy (non-hydrogen) atoms. The van der Waals surface area contributed by atoms with E-state index in [2.05, 4.69) is 61.4 Å². The zero-order valence-electron chi connectivity index (χ0n) is 37.1. The number of anilines is 2. The molecule has 2 saturated heterocycles. The van der Waals surface area contributed by atoms with Crippen molar-refractivity contribution in [3.05, 3.63) is 47.7 Å². The predicted octanol–water partition coefficient (Wildman–Crippen LogP) is -3.76. The number of nitrogens with two attached hydrogens (primary N) is 2. The summed E-state index contributed by atoms with van der Waals surface area (Å²) in [5.41, 5.74) is 10.3. The molecule has 2 atom stereocenters. The van der Waals surface area contributed by atoms with Crippen LogP contribution in [-0.4, -0.2) is 121 Å². The Morgan fingerprint density at radius 3 is 1.77 bits per heavy atom. The molecular formula is C32H40F7K2N15O8S. The molecule has 8 rings (SSSR count). The number of hydrogen-bond donors (Lipinski definition) is 4. The number of nitrogen functional groups attached to an aromatic ring is 2. The summed E-state index contributed by atoms with van der Waals surface area (Å²) in [5, 5.41) is 20.8. The van der Waals surface area contributed by atoms with E-state index in [4.69, 9.17) is 36.7 Å². The number of aryl methyl sites for hydroxylation is 2. The quantitative estimate of drug-likeness (QED) is 0.0216. The molecule has 8 heterocycles. The maximum atomic E-state index is 11.3. The summed E-state index contributed by atoms with van der Waals surface area (Å²) in [5.74, 6) is 3.78. The largest absolute Gasteiger partial charge is 1.00 e. The molecule has 0 amide bonds. The predicted molar refractivity (Wildman–Crippen MR) is 201 cm³/mol. The molecule has 23 nitrogen and oxygen atoms in total. The fourth-order valence-corrected chi connectivity index (χ4v) is 6.26. The summed E-state index contributed by atoms with van der Waals surface area (Å²) >= 11 is 0. The van der Waals surface area contributed by atoms with Crippen molar-refractivity contribution < 1.29 is 173 Å². The summed E-state index contributed by atoms with van der Waals surface area (Å²) in [6.45, 7) is 10.9. The number of alkyl halides is 7. The maximum Gasteiger partial charge on any atom is 1.00 e. The van der Waals surface area contributed by atoms with E-state index in [0.29, 0.717) is 46.6 Å². The molecule has 2 aliphatic heterocycles. The van der Waals surface area contributed by atoms with Crippen molar-refractivity contribution in [1.82, 2.24) is 64.8 Å². The minimum Gasteiger partial charge on any atom is -1.00 e. The fourth-order valence-electron chi connectivity index (χ4n) is 5.96. The third kappa shape index (κ3) is 15.3. The van der Waals surface area contributed by atoms with Crippen molar-refractivity contribution in [2.24, 2.45) is 0 Å². The first-order valence-corrected chi connectivity index (χ1v) is 19.3. The second-order valence-corrected chi connectivity index (χ2v) is 14.4. The van der Waals surface area contributed by atoms with Gasteiger partial charge in [0.25, 0.3) is 6.47 Å². The number of hydroxylamine groups is 1. The molecule has 0 bridgehead atoms. The van der Waals surface area contributed by atoms with Crippen molar-refractivity contribution in [1.29, 1.82) is 0 Å². The van der Waals surface area contributed by atoms with E-state index in [1.54, 1.807) is 21.4 Å². The number of oxazole rings is 2. The number of nitrogens with one attached hydrogen (secondary N) is 2. The first-order chi connectivity index (χ1) is 30.2. The van der Waals surface area contributed by atoms with E-state index in [1.165, 1.54) is 12.5 Å². The van der Waals surface area contributed by atoms with Gasteiger partial charge in [0.05, 0.1) is 20.9 Å². The molecular weight excluding hydrogens is 966 g/mol. The van der Waals surface area contributed by atoms with Gasteiger partial charge in [0, 0.05) is 36.1 Å². The van der Waals surface area contributed by atoms with E-state index in [1.807, 2.05) is 13.8 Å². The van der Waals surface area contributed by atoms with E-state index in [9.17, 15) is 39.2 Å². The molecule has 0 radical (unpaired) electrons. The Bertz CT molecular complexity index is 2540. The Labute approximate surface area is 451 Å². The van der Waals surface area contributed by atoms with Gasteiger partial charge in [-0.05, 0) is 46.3 Å². The van der Waals surface area contributed by atoms with Crippen LogP contribution in [-0.2, 0) is 24.1 Å². The van der Waals surface area contributed by atoms with Crippen LogP contribution in [0.5, 0.6) is 0 Å². The first kappa shape index (κ1) is 56.4. The van der Waals surface area contributed by atoms with Crippen LogP contribution in [0.1, 0.15) is 57.2 Å². The molecule has 6 aromatic rings. The van der Waals surface area contributed by atoms with Gasteiger partial charge >= 0.3 is 125 Å². The second kappa shape index (κ2) is 26.0. The van der Waals surface area contributed by atoms with Crippen molar-refractivity contribution >= 4 is 39.8 Å². The maximum absolute atomic E-state index is 11.3. The minimum absolute atomic E-state index is 0. The number of nitrogens with zero attached hydrogens (tertiary/aromatic N) is 11. The number of aromatic nitrogens is 10. The summed E-state index contributed by atoms with van der Waals surface area (Å²) in [6.07, 6.45) is 2.93.